The van der Waals surface area contributed by atoms with Crippen molar-refractivity contribution >= 4 is 45.6 Å². The van der Waals surface area contributed by atoms with Gasteiger partial charge < -0.3 is 19.4 Å². The molecule has 10 nitrogen and oxygen atoms in total. The first kappa shape index (κ1) is 49.6. The fourth-order valence-corrected chi connectivity index (χ4v) is 10.8. The number of esters is 2. The molecule has 7 unspecified atom stereocenters. The summed E-state index contributed by atoms with van der Waals surface area (Å²) in [5, 5.41) is 0. The number of rotatable bonds is 20. The third-order valence-corrected chi connectivity index (χ3v) is 14.9. The molecule has 3 aliphatic rings. The predicted octanol–water partition coefficient (Wildman–Crippen LogP) is 13.5. The zero-order valence-corrected chi connectivity index (χ0v) is 41.5. The number of fused-ring (bicyclic) bond motifs is 8. The van der Waals surface area contributed by atoms with Gasteiger partial charge in [0.15, 0.2) is 11.6 Å². The lowest BCUT2D eigenvalue weighted by Gasteiger charge is -2.18. The molecule has 1 aliphatic carbocycles. The van der Waals surface area contributed by atoms with Gasteiger partial charge in [0.2, 0.25) is 0 Å². The van der Waals surface area contributed by atoms with E-state index in [9.17, 15) is 19.2 Å². The lowest BCUT2D eigenvalue weighted by atomic mass is 9.84. The van der Waals surface area contributed by atoms with Crippen LogP contribution in [-0.2, 0) is 19.1 Å². The monoisotopic (exact) mass is 889 g/mol. The molecule has 65 heavy (non-hydrogen) atoms. The van der Waals surface area contributed by atoms with Crippen LogP contribution in [0.3, 0.4) is 0 Å². The Morgan fingerprint density at radius 1 is 0.769 bits per heavy atom. The quantitative estimate of drug-likeness (QED) is 0.0494. The average molecular weight is 889 g/mol. The summed E-state index contributed by atoms with van der Waals surface area (Å²) in [5.41, 5.74) is 10.1. The summed E-state index contributed by atoms with van der Waals surface area (Å²) in [4.78, 5) is 72.1. The Morgan fingerprint density at radius 2 is 1.37 bits per heavy atom. The highest BCUT2D eigenvalue weighted by Crippen LogP contribution is 2.48. The number of methoxy groups -OCH3 is 1. The van der Waals surface area contributed by atoms with Gasteiger partial charge in [0.1, 0.15) is 12.5 Å². The van der Waals surface area contributed by atoms with Gasteiger partial charge in [-0.25, -0.2) is 0 Å². The van der Waals surface area contributed by atoms with Crippen LogP contribution in [0.2, 0.25) is 0 Å². The lowest BCUT2D eigenvalue weighted by Crippen LogP contribution is -2.21. The van der Waals surface area contributed by atoms with Crippen molar-refractivity contribution in [3.63, 3.8) is 0 Å². The molecule has 0 spiro atoms. The van der Waals surface area contributed by atoms with Gasteiger partial charge in [-0.15, -0.1) is 0 Å². The Bertz CT molecular complexity index is 2450. The SMILES string of the molecule is CCC1c2cc3[nH]c4c(c3C)C(=O)C(C(=O)OC)c4c3nc(cc4[nH]c(cc(n2)C1C)c(C(C)=O)c4C)C(C)C3CCC(=O)OC/C=C(/C)CCCC(C)CCCC(C)CCCC(C)C. The van der Waals surface area contributed by atoms with E-state index in [0.717, 1.165) is 70.3 Å². The van der Waals surface area contributed by atoms with Gasteiger partial charge in [-0.1, -0.05) is 99.0 Å². The van der Waals surface area contributed by atoms with E-state index in [0.29, 0.717) is 45.8 Å². The van der Waals surface area contributed by atoms with Crippen LogP contribution in [0.1, 0.15) is 229 Å². The van der Waals surface area contributed by atoms with Gasteiger partial charge in [-0.05, 0) is 107 Å². The average Bonchev–Trinajstić information content (AvgIpc) is 4.00. The third-order valence-electron chi connectivity index (χ3n) is 14.9. The van der Waals surface area contributed by atoms with Crippen LogP contribution in [-0.4, -0.2) is 57.2 Å². The van der Waals surface area contributed by atoms with Crippen LogP contribution in [0.25, 0.3) is 22.1 Å². The summed E-state index contributed by atoms with van der Waals surface area (Å²) < 4.78 is 11.1. The molecule has 3 aromatic rings. The van der Waals surface area contributed by atoms with Crippen LogP contribution in [0, 0.1) is 31.6 Å². The minimum absolute atomic E-state index is 0.0532. The van der Waals surface area contributed by atoms with Gasteiger partial charge in [0.25, 0.3) is 0 Å². The molecule has 7 atom stereocenters. The van der Waals surface area contributed by atoms with Crippen molar-refractivity contribution < 1.29 is 28.7 Å². The Labute approximate surface area is 387 Å². The molecule has 0 saturated carbocycles. The zero-order chi connectivity index (χ0) is 47.3. The Hall–Kier alpha value is -4.86. The summed E-state index contributed by atoms with van der Waals surface area (Å²) in [6.07, 6.45) is 14.6. The summed E-state index contributed by atoms with van der Waals surface area (Å²) in [6, 6.07) is 5.99. The number of allylic oxidation sites excluding steroid dienone is 1. The molecular formula is C55H76N4O6. The maximum atomic E-state index is 14.4. The topological polar surface area (TPSA) is 144 Å². The van der Waals surface area contributed by atoms with E-state index in [1.165, 1.54) is 57.6 Å². The van der Waals surface area contributed by atoms with Crippen LogP contribution in [0.4, 0.5) is 0 Å². The number of nitrogens with zero attached hydrogens (tertiary/aromatic N) is 2. The van der Waals surface area contributed by atoms with E-state index in [4.69, 9.17) is 19.4 Å². The van der Waals surface area contributed by atoms with Gasteiger partial charge in [-0.3, -0.25) is 29.1 Å². The molecule has 2 aliphatic heterocycles. The van der Waals surface area contributed by atoms with E-state index in [-0.39, 0.29) is 54.2 Å². The smallest absolute Gasteiger partial charge is 0.321 e. The predicted molar refractivity (Wildman–Crippen MR) is 261 cm³/mol. The zero-order valence-electron chi connectivity index (χ0n) is 41.5. The highest BCUT2D eigenvalue weighted by Gasteiger charge is 2.45. The first-order chi connectivity index (χ1) is 30.9. The fourth-order valence-electron chi connectivity index (χ4n) is 10.8. The number of aromatic nitrogens is 4. The van der Waals surface area contributed by atoms with E-state index in [2.05, 4.69) is 65.4 Å². The molecule has 6 rings (SSSR count). The van der Waals surface area contributed by atoms with Crippen molar-refractivity contribution in [2.75, 3.05) is 13.7 Å². The standard InChI is InChI=1S/C55H76N4O6/c1-13-39-34(7)41-29-46-48(38(11)60)36(9)43(57-46)27-42-35(8)40(52(58-42)50-51(55(63)64-12)54(62)49-37(10)44(59-53(49)50)28-45(39)56-41)23-24-47(61)65-26-25-33(6)22-16-21-32(5)20-15-19-31(4)18-14-17-30(2)3/h25,27-32,34-35,39-40,51,57,59H,13-24,26H2,1-12H3/b33-25-,41-29?,42-27?,43-27?,44-28?,45-28?,46-29?,52-50?. The van der Waals surface area contributed by atoms with E-state index < -0.39 is 11.9 Å². The number of carbonyl (C=O) groups excluding carboxylic acids is 4. The molecule has 0 saturated heterocycles. The molecule has 0 aromatic carbocycles. The number of Topliss-reactive ketones (excluding diaryl/α,β-unsaturated/α-hetero) is 2. The van der Waals surface area contributed by atoms with E-state index >= 15 is 0 Å². The van der Waals surface area contributed by atoms with Crippen LogP contribution in [0.5, 0.6) is 0 Å². The van der Waals surface area contributed by atoms with Crippen molar-refractivity contribution in [2.24, 2.45) is 17.8 Å². The molecule has 10 heteroatoms. The number of hydrogen-bond donors (Lipinski definition) is 2. The number of ketones is 2. The summed E-state index contributed by atoms with van der Waals surface area (Å²) in [7, 11) is 1.30. The summed E-state index contributed by atoms with van der Waals surface area (Å²) in [5.74, 6) is -0.573. The summed E-state index contributed by atoms with van der Waals surface area (Å²) in [6.45, 7) is 23.5. The normalized spacial score (nSPS) is 20.4. The van der Waals surface area contributed by atoms with E-state index in [1.807, 2.05) is 38.1 Å². The van der Waals surface area contributed by atoms with Crippen molar-refractivity contribution in [1.82, 2.24) is 19.9 Å². The van der Waals surface area contributed by atoms with Crippen LogP contribution < -0.4 is 0 Å². The maximum Gasteiger partial charge on any atom is 0.321 e. The Kier molecular flexibility index (Phi) is 16.5. The Morgan fingerprint density at radius 3 is 2.02 bits per heavy atom. The highest BCUT2D eigenvalue weighted by molar-refractivity contribution is 6.23. The molecular weight excluding hydrogens is 813 g/mol. The number of ether oxygens (including phenoxy) is 2. The molecule has 0 fully saturated rings. The minimum atomic E-state index is -1.21. The number of aromatic amines is 2. The Balaban J connectivity index is 1.25. The molecule has 0 amide bonds. The molecule has 0 radical (unpaired) electrons. The fraction of sp³-hybridized carbons (Fsp3) is 0.600. The second-order valence-corrected chi connectivity index (χ2v) is 20.3. The largest absolute Gasteiger partial charge is 0.468 e. The third kappa shape index (κ3) is 11.1. The molecule has 352 valence electrons. The molecule has 8 bridgehead atoms. The number of hydrogen-bond acceptors (Lipinski definition) is 8. The van der Waals surface area contributed by atoms with Crippen LogP contribution >= 0.6 is 0 Å². The van der Waals surface area contributed by atoms with Gasteiger partial charge in [0, 0.05) is 74.9 Å². The van der Waals surface area contributed by atoms with Crippen molar-refractivity contribution in [3.8, 4) is 0 Å². The van der Waals surface area contributed by atoms with Crippen molar-refractivity contribution in [2.45, 2.75) is 183 Å². The molecule has 3 aromatic heterocycles. The minimum Gasteiger partial charge on any atom is -0.468 e. The maximum absolute atomic E-state index is 14.4. The highest BCUT2D eigenvalue weighted by atomic mass is 16.5. The van der Waals surface area contributed by atoms with Crippen LogP contribution in [0.15, 0.2) is 29.8 Å². The number of nitrogens with one attached hydrogen (secondary N) is 2. The molecule has 2 N–H and O–H groups in total. The van der Waals surface area contributed by atoms with Gasteiger partial charge in [0.05, 0.1) is 23.8 Å². The second-order valence-electron chi connectivity index (χ2n) is 20.3. The first-order valence-corrected chi connectivity index (χ1v) is 24.7. The van der Waals surface area contributed by atoms with Crippen molar-refractivity contribution in [1.29, 1.82) is 0 Å². The molecule has 5 heterocycles. The van der Waals surface area contributed by atoms with Gasteiger partial charge >= 0.3 is 11.9 Å². The number of H-pyrrole nitrogens is 2. The van der Waals surface area contributed by atoms with E-state index in [1.54, 1.807) is 6.92 Å². The lowest BCUT2D eigenvalue weighted by molar-refractivity contribution is -0.143. The van der Waals surface area contributed by atoms with Crippen molar-refractivity contribution in [3.05, 3.63) is 80.4 Å². The number of aryl methyl sites for hydroxylation is 2. The van der Waals surface area contributed by atoms with Gasteiger partial charge in [-0.2, -0.15) is 0 Å². The number of carbonyl (C=O) groups is 4. The summed E-state index contributed by atoms with van der Waals surface area (Å²) >= 11 is 0. The first-order valence-electron chi connectivity index (χ1n) is 24.7. The second kappa shape index (κ2) is 21.6.